The van der Waals surface area contributed by atoms with Gasteiger partial charge < -0.3 is 21.1 Å². The first-order valence-electron chi connectivity index (χ1n) is 4.72. The van der Waals surface area contributed by atoms with Crippen LogP contribution in [0.2, 0.25) is 0 Å². The molecule has 0 spiro atoms. The molecule has 1 heterocycles. The summed E-state index contributed by atoms with van der Waals surface area (Å²) in [7, 11) is 3.86. The van der Waals surface area contributed by atoms with Gasteiger partial charge in [0, 0.05) is 19.2 Å². The van der Waals surface area contributed by atoms with Gasteiger partial charge in [0.1, 0.15) is 10.8 Å². The van der Waals surface area contributed by atoms with Crippen molar-refractivity contribution in [3.8, 4) is 0 Å². The Bertz CT molecular complexity index is 311. The number of anilines is 2. The summed E-state index contributed by atoms with van der Waals surface area (Å²) in [6, 6.07) is 1.76. The number of aliphatic hydroxyl groups is 1. The lowest BCUT2D eigenvalue weighted by Gasteiger charge is -2.27. The van der Waals surface area contributed by atoms with Gasteiger partial charge in [-0.2, -0.15) is 4.37 Å². The monoisotopic (exact) mass is 230 g/mol. The largest absolute Gasteiger partial charge is 0.387 e. The highest BCUT2D eigenvalue weighted by molar-refractivity contribution is 7.10. The van der Waals surface area contributed by atoms with E-state index >= 15 is 0 Å². The van der Waals surface area contributed by atoms with Crippen LogP contribution < -0.4 is 11.1 Å². The molecule has 0 amide bonds. The Kier molecular flexibility index (Phi) is 3.90. The average molecular weight is 230 g/mol. The maximum Gasteiger partial charge on any atom is 0.139 e. The van der Waals surface area contributed by atoms with Crippen molar-refractivity contribution in [2.45, 2.75) is 12.5 Å². The second-order valence-corrected chi connectivity index (χ2v) is 5.01. The molecule has 5 nitrogen and oxygen atoms in total. The lowest BCUT2D eigenvalue weighted by Crippen LogP contribution is -2.42. The van der Waals surface area contributed by atoms with Crippen molar-refractivity contribution in [3.05, 3.63) is 6.07 Å². The molecule has 0 bridgehead atoms. The van der Waals surface area contributed by atoms with Gasteiger partial charge in [-0.15, -0.1) is 0 Å². The van der Waals surface area contributed by atoms with E-state index in [1.165, 1.54) is 11.5 Å². The van der Waals surface area contributed by atoms with Gasteiger partial charge in [0.25, 0.3) is 0 Å². The minimum Gasteiger partial charge on any atom is -0.387 e. The van der Waals surface area contributed by atoms with Crippen molar-refractivity contribution in [3.63, 3.8) is 0 Å². The minimum atomic E-state index is -0.762. The van der Waals surface area contributed by atoms with E-state index in [1.54, 1.807) is 13.0 Å². The number of nitrogens with one attached hydrogen (secondary N) is 1. The molecule has 0 radical (unpaired) electrons. The lowest BCUT2D eigenvalue weighted by molar-refractivity contribution is 0.0460. The number of hydrogen-bond donors (Lipinski definition) is 3. The highest BCUT2D eigenvalue weighted by Crippen LogP contribution is 2.18. The molecule has 1 aromatic rings. The average Bonchev–Trinajstić information content (AvgIpc) is 2.46. The zero-order chi connectivity index (χ0) is 11.5. The van der Waals surface area contributed by atoms with Crippen molar-refractivity contribution < 1.29 is 5.11 Å². The summed E-state index contributed by atoms with van der Waals surface area (Å²) in [4.78, 5) is 1.95. The fraction of sp³-hybridized carbons (Fsp3) is 0.667. The SMILES string of the molecule is CN(C)CC(C)(O)CNc1cc(N)ns1. The van der Waals surface area contributed by atoms with E-state index in [0.717, 1.165) is 5.00 Å². The first-order valence-corrected chi connectivity index (χ1v) is 5.49. The van der Waals surface area contributed by atoms with Gasteiger partial charge in [-0.1, -0.05) is 0 Å². The van der Waals surface area contributed by atoms with Crippen LogP contribution in [-0.2, 0) is 0 Å². The van der Waals surface area contributed by atoms with Crippen molar-refractivity contribution in [1.29, 1.82) is 0 Å². The van der Waals surface area contributed by atoms with Gasteiger partial charge in [-0.05, 0) is 32.6 Å². The zero-order valence-corrected chi connectivity index (χ0v) is 10.1. The number of nitrogen functional groups attached to an aromatic ring is 1. The zero-order valence-electron chi connectivity index (χ0n) is 9.32. The Morgan fingerprint density at radius 3 is 2.80 bits per heavy atom. The first-order chi connectivity index (χ1) is 6.89. The summed E-state index contributed by atoms with van der Waals surface area (Å²) < 4.78 is 3.94. The molecular formula is C9H18N4OS. The molecule has 6 heteroatoms. The van der Waals surface area contributed by atoms with Gasteiger partial charge in [-0.3, -0.25) is 0 Å². The summed E-state index contributed by atoms with van der Waals surface area (Å²) in [6.45, 7) is 2.88. The van der Waals surface area contributed by atoms with Crippen LogP contribution in [0, 0.1) is 0 Å². The van der Waals surface area contributed by atoms with Crippen LogP contribution in [0.3, 0.4) is 0 Å². The van der Waals surface area contributed by atoms with Crippen molar-refractivity contribution in [2.75, 3.05) is 38.2 Å². The predicted molar refractivity (Wildman–Crippen MR) is 64.2 cm³/mol. The fourth-order valence-electron chi connectivity index (χ4n) is 1.39. The third-order valence-corrected chi connectivity index (χ3v) is 2.59. The van der Waals surface area contributed by atoms with Gasteiger partial charge >= 0.3 is 0 Å². The molecule has 1 unspecified atom stereocenters. The smallest absolute Gasteiger partial charge is 0.139 e. The number of rotatable bonds is 5. The minimum absolute atomic E-state index is 0.479. The molecule has 0 aliphatic rings. The van der Waals surface area contributed by atoms with Crippen molar-refractivity contribution in [1.82, 2.24) is 9.27 Å². The molecule has 0 fully saturated rings. The maximum absolute atomic E-state index is 10.0. The molecule has 1 rings (SSSR count). The molecule has 0 aliphatic carbocycles. The van der Waals surface area contributed by atoms with Crippen LogP contribution in [-0.4, -0.2) is 47.2 Å². The van der Waals surface area contributed by atoms with Gasteiger partial charge in [0.05, 0.1) is 5.60 Å². The summed E-state index contributed by atoms with van der Waals surface area (Å²) >= 11 is 1.30. The number of likely N-dealkylation sites (N-methyl/N-ethyl adjacent to an activating group) is 1. The van der Waals surface area contributed by atoms with Crippen LogP contribution in [0.15, 0.2) is 6.07 Å². The van der Waals surface area contributed by atoms with Crippen LogP contribution in [0.1, 0.15) is 6.92 Å². The highest BCUT2D eigenvalue weighted by atomic mass is 32.1. The van der Waals surface area contributed by atoms with E-state index < -0.39 is 5.60 Å². The van der Waals surface area contributed by atoms with E-state index in [9.17, 15) is 5.11 Å². The van der Waals surface area contributed by atoms with Gasteiger partial charge in [-0.25, -0.2) is 0 Å². The number of nitrogens with two attached hydrogens (primary N) is 1. The molecule has 0 aliphatic heterocycles. The van der Waals surface area contributed by atoms with E-state index in [2.05, 4.69) is 9.69 Å². The molecule has 1 atom stereocenters. The molecule has 1 aromatic heterocycles. The van der Waals surface area contributed by atoms with E-state index in [4.69, 9.17) is 5.73 Å². The molecular weight excluding hydrogens is 212 g/mol. The van der Waals surface area contributed by atoms with Crippen molar-refractivity contribution >= 4 is 22.4 Å². The summed E-state index contributed by atoms with van der Waals surface area (Å²) in [6.07, 6.45) is 0. The molecule has 4 N–H and O–H groups in total. The number of hydrogen-bond acceptors (Lipinski definition) is 6. The maximum atomic E-state index is 10.0. The highest BCUT2D eigenvalue weighted by Gasteiger charge is 2.21. The van der Waals surface area contributed by atoms with E-state index in [0.29, 0.717) is 18.9 Å². The van der Waals surface area contributed by atoms with Crippen LogP contribution >= 0.6 is 11.5 Å². The molecule has 0 aromatic carbocycles. The fourth-order valence-corrected chi connectivity index (χ4v) is 1.95. The second-order valence-electron chi connectivity index (χ2n) is 4.20. The Labute approximate surface area is 94.1 Å². The third kappa shape index (κ3) is 4.46. The van der Waals surface area contributed by atoms with E-state index in [-0.39, 0.29) is 0 Å². The van der Waals surface area contributed by atoms with E-state index in [1.807, 2.05) is 19.0 Å². The molecule has 15 heavy (non-hydrogen) atoms. The van der Waals surface area contributed by atoms with Crippen LogP contribution in [0.25, 0.3) is 0 Å². The normalized spacial score (nSPS) is 15.3. The molecule has 0 saturated heterocycles. The third-order valence-electron chi connectivity index (χ3n) is 1.83. The second kappa shape index (κ2) is 4.78. The summed E-state index contributed by atoms with van der Waals surface area (Å²) in [5.41, 5.74) is 4.73. The van der Waals surface area contributed by atoms with Gasteiger partial charge in [0.15, 0.2) is 0 Å². The molecule has 86 valence electrons. The van der Waals surface area contributed by atoms with Gasteiger partial charge in [0.2, 0.25) is 0 Å². The summed E-state index contributed by atoms with van der Waals surface area (Å²) in [5, 5.41) is 14.0. The Morgan fingerprint density at radius 1 is 1.67 bits per heavy atom. The van der Waals surface area contributed by atoms with Crippen LogP contribution in [0.4, 0.5) is 10.8 Å². The first kappa shape index (κ1) is 12.2. The summed E-state index contributed by atoms with van der Waals surface area (Å²) in [5.74, 6) is 0.509. The number of aromatic nitrogens is 1. The lowest BCUT2D eigenvalue weighted by atomic mass is 10.1. The predicted octanol–water partition coefficient (Wildman–Crippen LogP) is 0.450. The van der Waals surface area contributed by atoms with Crippen molar-refractivity contribution in [2.24, 2.45) is 0 Å². The van der Waals surface area contributed by atoms with Crippen LogP contribution in [0.5, 0.6) is 0 Å². The quantitative estimate of drug-likeness (QED) is 0.685. The Hall–Kier alpha value is -0.850. The molecule has 0 saturated carbocycles. The Morgan fingerprint density at radius 2 is 2.33 bits per heavy atom. The standard InChI is InChI=1S/C9H18N4OS/c1-9(14,6-13(2)3)5-11-8-4-7(10)12-15-8/h4,11,14H,5-6H2,1-3H3,(H2,10,12). The Balaban J connectivity index is 2.42. The topological polar surface area (TPSA) is 74.4 Å². The number of nitrogens with zero attached hydrogens (tertiary/aromatic N) is 2.